The van der Waals surface area contributed by atoms with Crippen molar-refractivity contribution >= 4 is 65.4 Å². The van der Waals surface area contributed by atoms with Crippen molar-refractivity contribution in [2.75, 3.05) is 0 Å². The Morgan fingerprint density at radius 1 is 0.412 bits per heavy atom. The van der Waals surface area contributed by atoms with E-state index in [1.807, 2.05) is 6.07 Å². The number of hydrogen-bond acceptors (Lipinski definition) is 2. The normalized spacial score (nSPS) is 11.9. The predicted molar refractivity (Wildman–Crippen MR) is 210 cm³/mol. The van der Waals surface area contributed by atoms with Crippen molar-refractivity contribution in [3.05, 3.63) is 176 Å². The molecule has 4 heterocycles. The van der Waals surface area contributed by atoms with Gasteiger partial charge in [-0.2, -0.15) is 0 Å². The van der Waals surface area contributed by atoms with Crippen molar-refractivity contribution in [3.63, 3.8) is 0 Å². The molecule has 0 bridgehead atoms. The van der Waals surface area contributed by atoms with Gasteiger partial charge in [-0.25, -0.2) is 9.97 Å². The van der Waals surface area contributed by atoms with E-state index in [0.29, 0.717) is 5.95 Å². The van der Waals surface area contributed by atoms with Crippen LogP contribution in [0.15, 0.2) is 176 Å². The van der Waals surface area contributed by atoms with Crippen LogP contribution in [-0.2, 0) is 0 Å². The summed E-state index contributed by atoms with van der Waals surface area (Å²) in [5.41, 5.74) is 10.7. The summed E-state index contributed by atoms with van der Waals surface area (Å²) in [5.74, 6) is 0.647. The van der Waals surface area contributed by atoms with E-state index in [9.17, 15) is 0 Å². The predicted octanol–water partition coefficient (Wildman–Crippen LogP) is 11.4. The lowest BCUT2D eigenvalue weighted by Crippen LogP contribution is -2.04. The molecule has 0 fully saturated rings. The maximum absolute atomic E-state index is 5.45. The molecule has 0 radical (unpaired) electrons. The second-order valence-corrected chi connectivity index (χ2v) is 13.1. The standard InChI is InChI=1S/C46H29N5/c1-4-14-30(15-5-1)44-35-20-10-12-22-38(35)47-46(48-44)51-42-29-41-31(26-27-49(41)32-16-6-2-7-17-32)28-37(42)34-24-25-40-43(45(34)51)36-21-11-13-23-39(36)50(40)33-18-8-3-9-19-33/h1-29H. The maximum Gasteiger partial charge on any atom is 0.235 e. The van der Waals surface area contributed by atoms with Gasteiger partial charge in [0.15, 0.2) is 0 Å². The van der Waals surface area contributed by atoms with Crippen molar-refractivity contribution in [1.29, 1.82) is 0 Å². The van der Waals surface area contributed by atoms with Gasteiger partial charge >= 0.3 is 0 Å². The van der Waals surface area contributed by atoms with Crippen molar-refractivity contribution in [1.82, 2.24) is 23.7 Å². The Labute approximate surface area is 292 Å². The van der Waals surface area contributed by atoms with Crippen LogP contribution in [0.5, 0.6) is 0 Å². The van der Waals surface area contributed by atoms with Crippen LogP contribution in [-0.4, -0.2) is 23.7 Å². The van der Waals surface area contributed by atoms with Crippen LogP contribution in [0.3, 0.4) is 0 Å². The topological polar surface area (TPSA) is 40.6 Å². The summed E-state index contributed by atoms with van der Waals surface area (Å²) in [6.45, 7) is 0. The highest BCUT2D eigenvalue weighted by Gasteiger charge is 2.24. The number of hydrogen-bond donors (Lipinski definition) is 0. The molecule has 0 aliphatic carbocycles. The lowest BCUT2D eigenvalue weighted by atomic mass is 10.1. The van der Waals surface area contributed by atoms with Crippen LogP contribution in [0.1, 0.15) is 0 Å². The highest BCUT2D eigenvalue weighted by molar-refractivity contribution is 6.27. The molecule has 238 valence electrons. The molecular formula is C46H29N5. The Bertz CT molecular complexity index is 3120. The molecule has 7 aromatic carbocycles. The molecule has 51 heavy (non-hydrogen) atoms. The number of aromatic nitrogens is 5. The number of para-hydroxylation sites is 4. The van der Waals surface area contributed by atoms with Gasteiger partial charge in [0.05, 0.1) is 38.8 Å². The highest BCUT2D eigenvalue weighted by Crippen LogP contribution is 2.43. The summed E-state index contributed by atoms with van der Waals surface area (Å²) in [5, 5.41) is 6.91. The zero-order chi connectivity index (χ0) is 33.5. The minimum atomic E-state index is 0.647. The van der Waals surface area contributed by atoms with Crippen LogP contribution in [0.25, 0.3) is 94.0 Å². The third kappa shape index (κ3) is 4.09. The Balaban J connectivity index is 1.34. The van der Waals surface area contributed by atoms with E-state index in [2.05, 4.69) is 184 Å². The molecule has 0 saturated heterocycles. The van der Waals surface area contributed by atoms with Gasteiger partial charge in [-0.1, -0.05) is 109 Å². The second kappa shape index (κ2) is 10.8. The SMILES string of the molecule is c1ccc(-c2nc(-n3c4cc5c(ccn5-c5ccccc5)cc4c4ccc5c(c6ccccc6n5-c5ccccc5)c43)nc3ccccc23)cc1. The Kier molecular flexibility index (Phi) is 5.89. The van der Waals surface area contributed by atoms with Crippen molar-refractivity contribution < 1.29 is 0 Å². The van der Waals surface area contributed by atoms with Crippen LogP contribution < -0.4 is 0 Å². The molecule has 0 aliphatic heterocycles. The lowest BCUT2D eigenvalue weighted by molar-refractivity contribution is 1.02. The molecule has 0 atom stereocenters. The van der Waals surface area contributed by atoms with Crippen LogP contribution in [0.2, 0.25) is 0 Å². The van der Waals surface area contributed by atoms with Gasteiger partial charge in [0.25, 0.3) is 0 Å². The van der Waals surface area contributed by atoms with E-state index >= 15 is 0 Å². The number of nitrogens with zero attached hydrogens (tertiary/aromatic N) is 5. The van der Waals surface area contributed by atoms with Crippen LogP contribution in [0.4, 0.5) is 0 Å². The fourth-order valence-corrected chi connectivity index (χ4v) is 8.04. The first-order valence-electron chi connectivity index (χ1n) is 17.3. The van der Waals surface area contributed by atoms with E-state index in [0.717, 1.165) is 61.1 Å². The Hall–Kier alpha value is -6.98. The Morgan fingerprint density at radius 2 is 1.10 bits per heavy atom. The first-order chi connectivity index (χ1) is 25.3. The molecular weight excluding hydrogens is 623 g/mol. The molecule has 11 rings (SSSR count). The van der Waals surface area contributed by atoms with Crippen molar-refractivity contribution in [3.8, 4) is 28.6 Å². The smallest absolute Gasteiger partial charge is 0.235 e. The van der Waals surface area contributed by atoms with Crippen molar-refractivity contribution in [2.24, 2.45) is 0 Å². The van der Waals surface area contributed by atoms with Gasteiger partial charge in [0.2, 0.25) is 5.95 Å². The summed E-state index contributed by atoms with van der Waals surface area (Å²) >= 11 is 0. The molecule has 0 unspecified atom stereocenters. The number of benzene rings is 7. The molecule has 0 aliphatic rings. The van der Waals surface area contributed by atoms with E-state index in [1.165, 1.54) is 26.9 Å². The van der Waals surface area contributed by atoms with E-state index in [4.69, 9.17) is 9.97 Å². The molecule has 0 amide bonds. The summed E-state index contributed by atoms with van der Waals surface area (Å²) in [7, 11) is 0. The number of fused-ring (bicyclic) bond motifs is 9. The molecule has 0 saturated carbocycles. The zero-order valence-corrected chi connectivity index (χ0v) is 27.5. The molecule has 11 aromatic rings. The van der Waals surface area contributed by atoms with Gasteiger partial charge in [-0.3, -0.25) is 4.57 Å². The van der Waals surface area contributed by atoms with E-state index in [1.54, 1.807) is 0 Å². The first kappa shape index (κ1) is 27.9. The van der Waals surface area contributed by atoms with E-state index in [-0.39, 0.29) is 0 Å². The summed E-state index contributed by atoms with van der Waals surface area (Å²) in [6.07, 6.45) is 2.16. The summed E-state index contributed by atoms with van der Waals surface area (Å²) in [6, 6.07) is 60.1. The fraction of sp³-hybridized carbons (Fsp3) is 0. The minimum Gasteiger partial charge on any atom is -0.316 e. The third-order valence-electron chi connectivity index (χ3n) is 10.3. The van der Waals surface area contributed by atoms with Gasteiger partial charge in [-0.05, 0) is 60.7 Å². The van der Waals surface area contributed by atoms with Crippen LogP contribution >= 0.6 is 0 Å². The fourth-order valence-electron chi connectivity index (χ4n) is 8.04. The maximum atomic E-state index is 5.45. The largest absolute Gasteiger partial charge is 0.316 e. The average Bonchev–Trinajstić information content (AvgIpc) is 3.87. The van der Waals surface area contributed by atoms with Crippen molar-refractivity contribution in [2.45, 2.75) is 0 Å². The van der Waals surface area contributed by atoms with Gasteiger partial charge < -0.3 is 9.13 Å². The second-order valence-electron chi connectivity index (χ2n) is 13.1. The van der Waals surface area contributed by atoms with Crippen LogP contribution in [0, 0.1) is 0 Å². The zero-order valence-electron chi connectivity index (χ0n) is 27.5. The van der Waals surface area contributed by atoms with Gasteiger partial charge in [-0.15, -0.1) is 0 Å². The quantitative estimate of drug-likeness (QED) is 0.190. The highest BCUT2D eigenvalue weighted by atomic mass is 15.2. The average molecular weight is 652 g/mol. The summed E-state index contributed by atoms with van der Waals surface area (Å²) < 4.78 is 6.96. The molecule has 0 spiro atoms. The number of rotatable bonds is 4. The Morgan fingerprint density at radius 3 is 1.90 bits per heavy atom. The molecule has 4 aromatic heterocycles. The van der Waals surface area contributed by atoms with E-state index < -0.39 is 0 Å². The minimum absolute atomic E-state index is 0.647. The first-order valence-corrected chi connectivity index (χ1v) is 17.3. The van der Waals surface area contributed by atoms with Gasteiger partial charge in [0, 0.05) is 55.5 Å². The summed E-state index contributed by atoms with van der Waals surface area (Å²) in [4.78, 5) is 10.8. The van der Waals surface area contributed by atoms with Gasteiger partial charge in [0.1, 0.15) is 0 Å². The third-order valence-corrected chi connectivity index (χ3v) is 10.3. The monoisotopic (exact) mass is 651 g/mol. The molecule has 0 N–H and O–H groups in total. The lowest BCUT2D eigenvalue weighted by Gasteiger charge is -2.13. The molecule has 5 nitrogen and oxygen atoms in total. The molecule has 5 heteroatoms.